The first-order valence-electron chi connectivity index (χ1n) is 9.77. The van der Waals surface area contributed by atoms with Gasteiger partial charge in [0.25, 0.3) is 5.91 Å². The molecule has 10 heteroatoms. The number of amides is 1. The predicted molar refractivity (Wildman–Crippen MR) is 120 cm³/mol. The standard InChI is InChI=1S/C24H18FN3O6/c1-27(13-17-9-15(7-8-19(17)25)14-5-3-2-4-6-14)24(32)18(12-26)22(30)16-10-20(28(33)34)23(31)21(29)11-16/h2-11,29-31H,13H2,1H3/b22-18-. The Morgan fingerprint density at radius 3 is 2.41 bits per heavy atom. The fourth-order valence-electron chi connectivity index (χ4n) is 3.25. The highest BCUT2D eigenvalue weighted by molar-refractivity contribution is 6.03. The van der Waals surface area contributed by atoms with Crippen LogP contribution in [-0.4, -0.2) is 38.1 Å². The summed E-state index contributed by atoms with van der Waals surface area (Å²) in [6.07, 6.45) is 0. The number of hydrogen-bond donors (Lipinski definition) is 3. The number of nitrogens with zero attached hydrogens (tertiary/aromatic N) is 3. The van der Waals surface area contributed by atoms with E-state index in [1.807, 2.05) is 30.3 Å². The van der Waals surface area contributed by atoms with Crippen LogP contribution in [0.4, 0.5) is 10.1 Å². The molecule has 3 N–H and O–H groups in total. The van der Waals surface area contributed by atoms with Gasteiger partial charge >= 0.3 is 5.69 Å². The lowest BCUT2D eigenvalue weighted by Crippen LogP contribution is -2.28. The number of halogens is 1. The van der Waals surface area contributed by atoms with E-state index < -0.39 is 50.7 Å². The fourth-order valence-corrected chi connectivity index (χ4v) is 3.25. The van der Waals surface area contributed by atoms with Crippen molar-refractivity contribution in [2.75, 3.05) is 7.05 Å². The molecule has 0 aliphatic carbocycles. The molecule has 0 aliphatic rings. The molecule has 0 unspecified atom stereocenters. The summed E-state index contributed by atoms with van der Waals surface area (Å²) in [5.41, 5.74) is -0.448. The van der Waals surface area contributed by atoms with Gasteiger partial charge in [0.05, 0.1) is 4.92 Å². The van der Waals surface area contributed by atoms with Crippen LogP contribution in [-0.2, 0) is 11.3 Å². The van der Waals surface area contributed by atoms with Crippen LogP contribution in [0.15, 0.2) is 66.2 Å². The molecular formula is C24H18FN3O6. The van der Waals surface area contributed by atoms with Crippen molar-refractivity contribution in [3.05, 3.63) is 93.3 Å². The molecule has 0 bridgehead atoms. The molecule has 1 amide bonds. The van der Waals surface area contributed by atoms with Crippen molar-refractivity contribution < 1.29 is 29.4 Å². The Kier molecular flexibility index (Phi) is 6.78. The Bertz CT molecular complexity index is 1350. The van der Waals surface area contributed by atoms with Gasteiger partial charge < -0.3 is 20.2 Å². The van der Waals surface area contributed by atoms with Gasteiger partial charge in [-0.3, -0.25) is 14.9 Å². The second kappa shape index (κ2) is 9.70. The van der Waals surface area contributed by atoms with Gasteiger partial charge in [0, 0.05) is 30.8 Å². The monoisotopic (exact) mass is 463 g/mol. The third kappa shape index (κ3) is 4.78. The fraction of sp³-hybridized carbons (Fsp3) is 0.0833. The van der Waals surface area contributed by atoms with Gasteiger partial charge in [-0.1, -0.05) is 36.4 Å². The van der Waals surface area contributed by atoms with Crippen molar-refractivity contribution in [2.24, 2.45) is 0 Å². The molecule has 0 saturated carbocycles. The molecule has 0 atom stereocenters. The number of hydrogen-bond acceptors (Lipinski definition) is 7. The Hall–Kier alpha value is -4.91. The van der Waals surface area contributed by atoms with Gasteiger partial charge in [0.1, 0.15) is 17.6 Å². The van der Waals surface area contributed by atoms with Gasteiger partial charge in [-0.2, -0.15) is 5.26 Å². The number of nitro groups is 1. The van der Waals surface area contributed by atoms with Gasteiger partial charge in [-0.05, 0) is 29.3 Å². The zero-order valence-electron chi connectivity index (χ0n) is 17.8. The molecule has 3 aromatic carbocycles. The average Bonchev–Trinajstić information content (AvgIpc) is 2.82. The zero-order chi connectivity index (χ0) is 25.0. The molecule has 0 spiro atoms. The lowest BCUT2D eigenvalue weighted by Gasteiger charge is -2.18. The maximum absolute atomic E-state index is 14.4. The first-order valence-corrected chi connectivity index (χ1v) is 9.77. The summed E-state index contributed by atoms with van der Waals surface area (Å²) in [5, 5.41) is 50.3. The Labute approximate surface area is 193 Å². The molecule has 0 aliphatic heterocycles. The average molecular weight is 463 g/mol. The summed E-state index contributed by atoms with van der Waals surface area (Å²) < 4.78 is 14.4. The molecule has 0 fully saturated rings. The van der Waals surface area contributed by atoms with E-state index in [9.17, 15) is 39.9 Å². The molecule has 0 saturated heterocycles. The number of phenols is 2. The van der Waals surface area contributed by atoms with Crippen LogP contribution in [0.3, 0.4) is 0 Å². The second-order valence-corrected chi connectivity index (χ2v) is 7.29. The maximum atomic E-state index is 14.4. The van der Waals surface area contributed by atoms with Crippen molar-refractivity contribution in [1.29, 1.82) is 5.26 Å². The number of nitro benzene ring substituents is 1. The van der Waals surface area contributed by atoms with Crippen molar-refractivity contribution in [2.45, 2.75) is 6.54 Å². The van der Waals surface area contributed by atoms with Crippen LogP contribution >= 0.6 is 0 Å². The Balaban J connectivity index is 1.94. The van der Waals surface area contributed by atoms with E-state index in [2.05, 4.69) is 0 Å². The van der Waals surface area contributed by atoms with Gasteiger partial charge in [-0.15, -0.1) is 0 Å². The van der Waals surface area contributed by atoms with E-state index >= 15 is 0 Å². The normalized spacial score (nSPS) is 11.3. The van der Waals surface area contributed by atoms with E-state index in [1.165, 1.54) is 19.2 Å². The molecule has 172 valence electrons. The van der Waals surface area contributed by atoms with Gasteiger partial charge in [-0.25, -0.2) is 4.39 Å². The summed E-state index contributed by atoms with van der Waals surface area (Å²) in [6.45, 7) is -0.245. The minimum absolute atomic E-state index is 0.159. The number of rotatable bonds is 6. The summed E-state index contributed by atoms with van der Waals surface area (Å²) >= 11 is 0. The van der Waals surface area contributed by atoms with Crippen molar-refractivity contribution in [3.63, 3.8) is 0 Å². The van der Waals surface area contributed by atoms with Gasteiger partial charge in [0.15, 0.2) is 11.3 Å². The van der Waals surface area contributed by atoms with Crippen molar-refractivity contribution in [1.82, 2.24) is 4.90 Å². The molecule has 0 radical (unpaired) electrons. The molecule has 34 heavy (non-hydrogen) atoms. The van der Waals surface area contributed by atoms with Crippen LogP contribution in [0.25, 0.3) is 16.9 Å². The van der Waals surface area contributed by atoms with Gasteiger partial charge in [0.2, 0.25) is 5.75 Å². The lowest BCUT2D eigenvalue weighted by atomic mass is 10.0. The predicted octanol–water partition coefficient (Wildman–Crippen LogP) is 4.26. The number of carbonyl (C=O) groups is 1. The number of aliphatic hydroxyl groups is 1. The number of aliphatic hydroxyl groups excluding tert-OH is 1. The van der Waals surface area contributed by atoms with Crippen LogP contribution < -0.4 is 0 Å². The molecule has 9 nitrogen and oxygen atoms in total. The Morgan fingerprint density at radius 1 is 1.12 bits per heavy atom. The number of benzene rings is 3. The van der Waals surface area contributed by atoms with E-state index in [0.717, 1.165) is 16.5 Å². The first-order chi connectivity index (χ1) is 16.1. The van der Waals surface area contributed by atoms with E-state index in [0.29, 0.717) is 11.6 Å². The van der Waals surface area contributed by atoms with Crippen LogP contribution in [0.2, 0.25) is 0 Å². The third-order valence-corrected chi connectivity index (χ3v) is 5.01. The summed E-state index contributed by atoms with van der Waals surface area (Å²) in [6, 6.07) is 16.6. The molecule has 3 rings (SSSR count). The highest BCUT2D eigenvalue weighted by Gasteiger charge is 2.25. The minimum atomic E-state index is -1.03. The SMILES string of the molecule is CN(Cc1cc(-c2ccccc2)ccc1F)C(=O)/C(C#N)=C(\O)c1cc(O)c(O)c([N+](=O)[O-])c1. The summed E-state index contributed by atoms with van der Waals surface area (Å²) in [7, 11) is 1.29. The number of aromatic hydroxyl groups is 2. The lowest BCUT2D eigenvalue weighted by molar-refractivity contribution is -0.386. The maximum Gasteiger partial charge on any atom is 0.315 e. The zero-order valence-corrected chi connectivity index (χ0v) is 17.8. The smallest absolute Gasteiger partial charge is 0.315 e. The largest absolute Gasteiger partial charge is 0.506 e. The van der Waals surface area contributed by atoms with Crippen LogP contribution in [0.5, 0.6) is 11.5 Å². The number of carbonyl (C=O) groups excluding carboxylic acids is 1. The first kappa shape index (κ1) is 23.7. The van der Waals surface area contributed by atoms with E-state index in [1.54, 1.807) is 12.1 Å². The number of phenolic OH excluding ortho intramolecular Hbond substituents is 2. The summed E-state index contributed by atoms with van der Waals surface area (Å²) in [5.74, 6) is -4.47. The minimum Gasteiger partial charge on any atom is -0.506 e. The second-order valence-electron chi connectivity index (χ2n) is 7.29. The molecular weight excluding hydrogens is 445 g/mol. The van der Waals surface area contributed by atoms with E-state index in [-0.39, 0.29) is 12.1 Å². The van der Waals surface area contributed by atoms with Crippen LogP contribution in [0.1, 0.15) is 11.1 Å². The quantitative estimate of drug-likeness (QED) is 0.123. The van der Waals surface area contributed by atoms with Crippen molar-refractivity contribution in [3.8, 4) is 28.7 Å². The number of likely N-dealkylation sites (N-methyl/N-ethyl adjacent to an activating group) is 1. The molecule has 3 aromatic rings. The molecule has 0 aromatic heterocycles. The Morgan fingerprint density at radius 2 is 1.79 bits per heavy atom. The van der Waals surface area contributed by atoms with Crippen molar-refractivity contribution >= 4 is 17.4 Å². The van der Waals surface area contributed by atoms with Crippen LogP contribution in [0, 0.1) is 27.3 Å². The highest BCUT2D eigenvalue weighted by atomic mass is 19.1. The van der Waals surface area contributed by atoms with E-state index in [4.69, 9.17) is 0 Å². The summed E-state index contributed by atoms with van der Waals surface area (Å²) in [4.78, 5) is 23.9. The number of nitriles is 1. The topological polar surface area (TPSA) is 148 Å². The third-order valence-electron chi connectivity index (χ3n) is 5.01. The highest BCUT2D eigenvalue weighted by Crippen LogP contribution is 2.38. The molecule has 0 heterocycles.